The Hall–Kier alpha value is -3.08. The average Bonchev–Trinajstić information content (AvgIpc) is 3.12. The van der Waals surface area contributed by atoms with Crippen LogP contribution in [0.3, 0.4) is 0 Å². The molecule has 1 atom stereocenters. The number of rotatable bonds is 3. The number of methoxy groups -OCH3 is 1. The molecule has 32 heavy (non-hydrogen) atoms. The molecule has 0 fully saturated rings. The van der Waals surface area contributed by atoms with Crippen LogP contribution >= 0.6 is 0 Å². The molecule has 1 unspecified atom stereocenters. The summed E-state index contributed by atoms with van der Waals surface area (Å²) in [6, 6.07) is 6.70. The van der Waals surface area contributed by atoms with Crippen LogP contribution in [0, 0.1) is 5.82 Å². The molecule has 5 heterocycles. The molecule has 3 aromatic rings. The van der Waals surface area contributed by atoms with E-state index in [2.05, 4.69) is 29.6 Å². The second-order valence-electron chi connectivity index (χ2n) is 7.77. The summed E-state index contributed by atoms with van der Waals surface area (Å²) in [7, 11) is 1.44. The van der Waals surface area contributed by atoms with Gasteiger partial charge in [0.1, 0.15) is 0 Å². The summed E-state index contributed by atoms with van der Waals surface area (Å²) in [4.78, 5) is 17.5. The Morgan fingerprint density at radius 3 is 3.09 bits per heavy atom. The number of anilines is 3. The van der Waals surface area contributed by atoms with Crippen LogP contribution in [0.2, 0.25) is 0 Å². The first-order valence-electron chi connectivity index (χ1n) is 10.3. The molecule has 9 heteroatoms. The number of ether oxygens (including phenoxy) is 1. The SMILES string of the molecule is COc1c(F)cccc1Nc1c2c3n4c1-c1ccncc1NCCC4=C[I-]C3CNC2=O. The second-order valence-corrected chi connectivity index (χ2v) is 10.6. The zero-order valence-corrected chi connectivity index (χ0v) is 19.4. The number of aromatic nitrogens is 2. The van der Waals surface area contributed by atoms with Crippen LogP contribution in [0.5, 0.6) is 5.75 Å². The van der Waals surface area contributed by atoms with E-state index in [9.17, 15) is 9.18 Å². The number of carbonyl (C=O) groups is 1. The van der Waals surface area contributed by atoms with E-state index in [0.29, 0.717) is 27.4 Å². The van der Waals surface area contributed by atoms with E-state index in [1.807, 2.05) is 12.3 Å². The molecule has 7 nitrogen and oxygen atoms in total. The molecule has 3 N–H and O–H groups in total. The fourth-order valence-corrected chi connectivity index (χ4v) is 7.49. The third-order valence-corrected chi connectivity index (χ3v) is 8.98. The molecule has 0 saturated carbocycles. The fourth-order valence-electron chi connectivity index (χ4n) is 4.64. The maximum absolute atomic E-state index is 14.5. The van der Waals surface area contributed by atoms with Crippen molar-refractivity contribution in [2.75, 3.05) is 30.8 Å². The molecule has 0 aliphatic carbocycles. The molecule has 3 aliphatic rings. The summed E-state index contributed by atoms with van der Waals surface area (Å²) in [5.41, 5.74) is 6.80. The number of pyridine rings is 1. The second kappa shape index (κ2) is 7.51. The number of hydrogen-bond acceptors (Lipinski definition) is 5. The van der Waals surface area contributed by atoms with Crippen LogP contribution in [0.4, 0.5) is 21.5 Å². The Morgan fingerprint density at radius 2 is 2.22 bits per heavy atom. The molecule has 0 saturated heterocycles. The van der Waals surface area contributed by atoms with E-state index in [4.69, 9.17) is 4.74 Å². The van der Waals surface area contributed by atoms with Crippen molar-refractivity contribution in [1.29, 1.82) is 0 Å². The predicted octanol–water partition coefficient (Wildman–Crippen LogP) is 0.942. The number of fused-ring (bicyclic) bond motifs is 2. The summed E-state index contributed by atoms with van der Waals surface area (Å²) >= 11 is -0.252. The van der Waals surface area contributed by atoms with Crippen molar-refractivity contribution in [3.05, 3.63) is 57.8 Å². The Balaban J connectivity index is 1.68. The number of amides is 1. The van der Waals surface area contributed by atoms with Crippen LogP contribution in [-0.4, -0.2) is 35.7 Å². The van der Waals surface area contributed by atoms with Crippen molar-refractivity contribution in [3.8, 4) is 17.0 Å². The van der Waals surface area contributed by atoms with Gasteiger partial charge in [-0.25, -0.2) is 0 Å². The first-order valence-corrected chi connectivity index (χ1v) is 12.8. The van der Waals surface area contributed by atoms with Crippen molar-refractivity contribution in [1.82, 2.24) is 14.9 Å². The van der Waals surface area contributed by atoms with Crippen molar-refractivity contribution in [2.24, 2.45) is 0 Å². The summed E-state index contributed by atoms with van der Waals surface area (Å²) in [5.74, 6) is -0.453. The minimum atomic E-state index is -0.460. The number of halogens is 2. The van der Waals surface area contributed by atoms with Gasteiger partial charge in [0.15, 0.2) is 0 Å². The van der Waals surface area contributed by atoms with Crippen LogP contribution in [0.1, 0.15) is 26.4 Å². The van der Waals surface area contributed by atoms with Gasteiger partial charge in [-0.1, -0.05) is 0 Å². The predicted molar refractivity (Wildman–Crippen MR) is 116 cm³/mol. The third-order valence-electron chi connectivity index (χ3n) is 6.00. The normalized spacial score (nSPS) is 18.5. The zero-order valence-electron chi connectivity index (χ0n) is 17.2. The van der Waals surface area contributed by atoms with Gasteiger partial charge >= 0.3 is 195 Å². The van der Waals surface area contributed by atoms with Gasteiger partial charge in [0, 0.05) is 0 Å². The molecule has 164 valence electrons. The van der Waals surface area contributed by atoms with Crippen LogP contribution in [0.25, 0.3) is 17.0 Å². The van der Waals surface area contributed by atoms with E-state index in [1.54, 1.807) is 18.3 Å². The minimum absolute atomic E-state index is 0.109. The van der Waals surface area contributed by atoms with Crippen LogP contribution in [0.15, 0.2) is 40.7 Å². The molecule has 0 radical (unpaired) electrons. The van der Waals surface area contributed by atoms with E-state index in [-0.39, 0.29) is 32.9 Å². The van der Waals surface area contributed by atoms with Crippen LogP contribution < -0.4 is 41.9 Å². The standard InChI is InChI=1S/C23H20FIN5O2/c1-32-22-14(24)3-2-4-16(22)29-19-18-21-15(10-28-23(18)31)25-9-12-5-8-27-17-11-26-7-6-13(17)20(19)30(12)21/h2-4,6-7,9,11,15,27,29H,5,8,10H2,1H3,(H,28,31)/q-1. The van der Waals surface area contributed by atoms with Crippen molar-refractivity contribution in [3.63, 3.8) is 0 Å². The number of benzene rings is 1. The third kappa shape index (κ3) is 2.83. The summed E-state index contributed by atoms with van der Waals surface area (Å²) in [5, 5.41) is 9.93. The summed E-state index contributed by atoms with van der Waals surface area (Å²) in [6.45, 7) is 1.44. The monoisotopic (exact) mass is 544 g/mol. The van der Waals surface area contributed by atoms with Crippen molar-refractivity contribution < 1.29 is 35.1 Å². The van der Waals surface area contributed by atoms with Crippen molar-refractivity contribution >= 4 is 28.7 Å². The Morgan fingerprint density at radius 1 is 1.31 bits per heavy atom. The van der Waals surface area contributed by atoms with Gasteiger partial charge in [-0.15, -0.1) is 0 Å². The van der Waals surface area contributed by atoms with E-state index in [0.717, 1.165) is 35.6 Å². The first-order chi connectivity index (χ1) is 15.7. The van der Waals surface area contributed by atoms with E-state index >= 15 is 0 Å². The number of nitrogens with one attached hydrogen (secondary N) is 3. The number of para-hydroxylation sites is 1. The Kier molecular flexibility index (Phi) is 4.60. The molecule has 1 aromatic carbocycles. The van der Waals surface area contributed by atoms with Gasteiger partial charge in [-0.2, -0.15) is 0 Å². The molecule has 0 spiro atoms. The van der Waals surface area contributed by atoms with E-state index in [1.165, 1.54) is 18.9 Å². The maximum atomic E-state index is 14.5. The number of alkyl halides is 1. The quantitative estimate of drug-likeness (QED) is 0.338. The Labute approximate surface area is 194 Å². The van der Waals surface area contributed by atoms with Gasteiger partial charge in [0.05, 0.1) is 0 Å². The van der Waals surface area contributed by atoms with Crippen LogP contribution in [-0.2, 0) is 0 Å². The van der Waals surface area contributed by atoms with Gasteiger partial charge in [-0.3, -0.25) is 0 Å². The molecule has 2 aromatic heterocycles. The average molecular weight is 544 g/mol. The van der Waals surface area contributed by atoms with Gasteiger partial charge < -0.3 is 0 Å². The van der Waals surface area contributed by atoms with Crippen molar-refractivity contribution in [2.45, 2.75) is 10.3 Å². The summed E-state index contributed by atoms with van der Waals surface area (Å²) < 4.78 is 24.7. The molecule has 1 amide bonds. The number of carbonyl (C=O) groups excluding carboxylic acids is 1. The molecule has 6 rings (SSSR count). The molecular weight excluding hydrogens is 524 g/mol. The number of hydrogen-bond donors (Lipinski definition) is 3. The Bertz CT molecular complexity index is 1300. The molecule has 0 bridgehead atoms. The zero-order chi connectivity index (χ0) is 21.8. The summed E-state index contributed by atoms with van der Waals surface area (Å²) in [6.07, 6.45) is 4.41. The van der Waals surface area contributed by atoms with Gasteiger partial charge in [0.25, 0.3) is 0 Å². The first kappa shape index (κ1) is 19.6. The fraction of sp³-hybridized carbons (Fsp3) is 0.217. The van der Waals surface area contributed by atoms with E-state index < -0.39 is 5.82 Å². The van der Waals surface area contributed by atoms with Gasteiger partial charge in [-0.05, 0) is 0 Å². The molecule has 3 aliphatic heterocycles. The molecular formula is C23H20FIN5O2-. The topological polar surface area (TPSA) is 80.2 Å². The number of nitrogens with zero attached hydrogens (tertiary/aromatic N) is 2. The van der Waals surface area contributed by atoms with Gasteiger partial charge in [0.2, 0.25) is 0 Å².